The van der Waals surface area contributed by atoms with E-state index in [4.69, 9.17) is 14.6 Å². The predicted molar refractivity (Wildman–Crippen MR) is 69.0 cm³/mol. The molecule has 1 unspecified atom stereocenters. The Labute approximate surface area is 111 Å². The van der Waals surface area contributed by atoms with Gasteiger partial charge < -0.3 is 24.6 Å². The van der Waals surface area contributed by atoms with Crippen molar-refractivity contribution in [3.63, 3.8) is 0 Å². The van der Waals surface area contributed by atoms with E-state index in [2.05, 4.69) is 0 Å². The minimum atomic E-state index is -1.01. The van der Waals surface area contributed by atoms with Crippen molar-refractivity contribution >= 4 is 11.7 Å². The third-order valence-electron chi connectivity index (χ3n) is 2.86. The van der Waals surface area contributed by atoms with Crippen LogP contribution in [0.1, 0.15) is 6.42 Å². The van der Waals surface area contributed by atoms with E-state index in [1.54, 1.807) is 11.9 Å². The standard InChI is InChI=1S/C13H17NO5/c1-14(8-10(15)7-13(16)17)9-2-3-11-12(6-9)19-5-4-18-11/h2-3,6,10,15H,4-5,7-8H2,1H3,(H,16,17). The van der Waals surface area contributed by atoms with Crippen molar-refractivity contribution in [1.82, 2.24) is 0 Å². The molecular formula is C13H17NO5. The fraction of sp³-hybridized carbons (Fsp3) is 0.462. The molecule has 0 saturated carbocycles. The summed E-state index contributed by atoms with van der Waals surface area (Å²) >= 11 is 0. The van der Waals surface area contributed by atoms with Crippen molar-refractivity contribution in [2.24, 2.45) is 0 Å². The highest BCUT2D eigenvalue weighted by atomic mass is 16.6. The van der Waals surface area contributed by atoms with Crippen LogP contribution in [0.15, 0.2) is 18.2 Å². The number of aliphatic hydroxyl groups excluding tert-OH is 1. The van der Waals surface area contributed by atoms with Gasteiger partial charge in [-0.25, -0.2) is 0 Å². The van der Waals surface area contributed by atoms with Gasteiger partial charge in [0.05, 0.1) is 12.5 Å². The van der Waals surface area contributed by atoms with E-state index >= 15 is 0 Å². The molecule has 19 heavy (non-hydrogen) atoms. The lowest BCUT2D eigenvalue weighted by atomic mass is 10.2. The molecule has 1 atom stereocenters. The summed E-state index contributed by atoms with van der Waals surface area (Å²) in [4.78, 5) is 12.3. The van der Waals surface area contributed by atoms with Crippen LogP contribution in [0.4, 0.5) is 5.69 Å². The maximum absolute atomic E-state index is 10.5. The zero-order valence-corrected chi connectivity index (χ0v) is 10.7. The second-order valence-electron chi connectivity index (χ2n) is 4.46. The Hall–Kier alpha value is -1.95. The molecule has 6 heteroatoms. The number of likely N-dealkylation sites (N-methyl/N-ethyl adjacent to an activating group) is 1. The van der Waals surface area contributed by atoms with E-state index in [9.17, 15) is 9.90 Å². The normalized spacial score (nSPS) is 14.8. The lowest BCUT2D eigenvalue weighted by Crippen LogP contribution is -2.30. The van der Waals surface area contributed by atoms with Gasteiger partial charge in [0, 0.05) is 25.3 Å². The fourth-order valence-electron chi connectivity index (χ4n) is 1.96. The van der Waals surface area contributed by atoms with Crippen LogP contribution in [-0.2, 0) is 4.79 Å². The van der Waals surface area contributed by atoms with Crippen molar-refractivity contribution in [3.8, 4) is 11.5 Å². The summed E-state index contributed by atoms with van der Waals surface area (Å²) in [6.45, 7) is 1.30. The van der Waals surface area contributed by atoms with E-state index in [0.29, 0.717) is 24.7 Å². The Balaban J connectivity index is 2.02. The fourth-order valence-corrected chi connectivity index (χ4v) is 1.96. The molecule has 1 aromatic carbocycles. The van der Waals surface area contributed by atoms with Crippen molar-refractivity contribution in [3.05, 3.63) is 18.2 Å². The Bertz CT molecular complexity index is 462. The Morgan fingerprint density at radius 3 is 2.74 bits per heavy atom. The summed E-state index contributed by atoms with van der Waals surface area (Å²) in [5.41, 5.74) is 0.841. The molecule has 0 bridgehead atoms. The van der Waals surface area contributed by atoms with Crippen LogP contribution in [0.25, 0.3) is 0 Å². The Morgan fingerprint density at radius 1 is 1.37 bits per heavy atom. The number of ether oxygens (including phenoxy) is 2. The largest absolute Gasteiger partial charge is 0.486 e. The van der Waals surface area contributed by atoms with Crippen LogP contribution in [0.5, 0.6) is 11.5 Å². The average molecular weight is 267 g/mol. The molecule has 0 aromatic heterocycles. The third-order valence-corrected chi connectivity index (χ3v) is 2.86. The molecule has 0 amide bonds. The number of benzene rings is 1. The molecule has 6 nitrogen and oxygen atoms in total. The van der Waals surface area contributed by atoms with Crippen LogP contribution in [0.2, 0.25) is 0 Å². The van der Waals surface area contributed by atoms with Crippen molar-refractivity contribution < 1.29 is 24.5 Å². The molecule has 104 valence electrons. The first kappa shape index (κ1) is 13.5. The molecule has 0 saturated heterocycles. The summed E-state index contributed by atoms with van der Waals surface area (Å²) in [6.07, 6.45) is -1.18. The summed E-state index contributed by atoms with van der Waals surface area (Å²) in [7, 11) is 1.79. The molecule has 1 heterocycles. The average Bonchev–Trinajstić information content (AvgIpc) is 2.37. The van der Waals surface area contributed by atoms with Crippen LogP contribution in [0, 0.1) is 0 Å². The quantitative estimate of drug-likeness (QED) is 0.818. The molecule has 0 spiro atoms. The first-order valence-corrected chi connectivity index (χ1v) is 6.07. The number of fused-ring (bicyclic) bond motifs is 1. The molecule has 0 fully saturated rings. The number of rotatable bonds is 5. The predicted octanol–water partition coefficient (Wildman–Crippen LogP) is 0.730. The number of carboxylic acid groups (broad SMARTS) is 1. The number of aliphatic carboxylic acids is 1. The zero-order chi connectivity index (χ0) is 13.8. The number of carboxylic acids is 1. The van der Waals surface area contributed by atoms with Crippen LogP contribution in [-0.4, -0.2) is 49.1 Å². The highest BCUT2D eigenvalue weighted by Gasteiger charge is 2.16. The van der Waals surface area contributed by atoms with E-state index in [-0.39, 0.29) is 13.0 Å². The van der Waals surface area contributed by atoms with Gasteiger partial charge in [-0.05, 0) is 12.1 Å². The molecule has 0 radical (unpaired) electrons. The zero-order valence-electron chi connectivity index (χ0n) is 10.7. The van der Waals surface area contributed by atoms with Crippen LogP contribution < -0.4 is 14.4 Å². The lowest BCUT2D eigenvalue weighted by Gasteiger charge is -2.24. The SMILES string of the molecule is CN(CC(O)CC(=O)O)c1ccc2c(c1)OCCO2. The Kier molecular flexibility index (Phi) is 4.11. The molecule has 1 aliphatic heterocycles. The van der Waals surface area contributed by atoms with Gasteiger partial charge in [-0.1, -0.05) is 0 Å². The minimum absolute atomic E-state index is 0.242. The van der Waals surface area contributed by atoms with Crippen molar-refractivity contribution in [1.29, 1.82) is 0 Å². The molecule has 2 N–H and O–H groups in total. The third kappa shape index (κ3) is 3.51. The van der Waals surface area contributed by atoms with Crippen LogP contribution >= 0.6 is 0 Å². The molecule has 0 aliphatic carbocycles. The minimum Gasteiger partial charge on any atom is -0.486 e. The maximum atomic E-state index is 10.5. The Morgan fingerprint density at radius 2 is 2.05 bits per heavy atom. The second-order valence-corrected chi connectivity index (χ2v) is 4.46. The first-order chi connectivity index (χ1) is 9.06. The van der Waals surface area contributed by atoms with Crippen molar-refractivity contribution in [2.75, 3.05) is 31.7 Å². The van der Waals surface area contributed by atoms with Gasteiger partial charge in [-0.2, -0.15) is 0 Å². The first-order valence-electron chi connectivity index (χ1n) is 6.07. The number of aliphatic hydroxyl groups is 1. The maximum Gasteiger partial charge on any atom is 0.306 e. The summed E-state index contributed by atoms with van der Waals surface area (Å²) in [5.74, 6) is 0.362. The van der Waals surface area contributed by atoms with Crippen molar-refractivity contribution in [2.45, 2.75) is 12.5 Å². The van der Waals surface area contributed by atoms with Gasteiger partial charge in [0.2, 0.25) is 0 Å². The number of carbonyl (C=O) groups is 1. The van der Waals surface area contributed by atoms with Gasteiger partial charge >= 0.3 is 5.97 Å². The highest BCUT2D eigenvalue weighted by molar-refractivity contribution is 5.67. The monoisotopic (exact) mass is 267 g/mol. The summed E-state index contributed by atoms with van der Waals surface area (Å²) in [6, 6.07) is 5.48. The number of hydrogen-bond acceptors (Lipinski definition) is 5. The molecular weight excluding hydrogens is 250 g/mol. The van der Waals surface area contributed by atoms with Crippen LogP contribution in [0.3, 0.4) is 0 Å². The smallest absolute Gasteiger partial charge is 0.306 e. The van der Waals surface area contributed by atoms with Gasteiger partial charge in [-0.15, -0.1) is 0 Å². The highest BCUT2D eigenvalue weighted by Crippen LogP contribution is 2.33. The van der Waals surface area contributed by atoms with Gasteiger partial charge in [-0.3, -0.25) is 4.79 Å². The van der Waals surface area contributed by atoms with E-state index in [1.807, 2.05) is 18.2 Å². The molecule has 1 aromatic rings. The van der Waals surface area contributed by atoms with E-state index in [1.165, 1.54) is 0 Å². The molecule has 2 rings (SSSR count). The second kappa shape index (κ2) is 5.79. The summed E-state index contributed by atoms with van der Waals surface area (Å²) in [5, 5.41) is 18.2. The number of anilines is 1. The van der Waals surface area contributed by atoms with E-state index < -0.39 is 12.1 Å². The van der Waals surface area contributed by atoms with Gasteiger partial charge in [0.15, 0.2) is 11.5 Å². The van der Waals surface area contributed by atoms with Gasteiger partial charge in [0.1, 0.15) is 13.2 Å². The topological polar surface area (TPSA) is 79.2 Å². The molecule has 1 aliphatic rings. The van der Waals surface area contributed by atoms with Gasteiger partial charge in [0.25, 0.3) is 0 Å². The number of hydrogen-bond donors (Lipinski definition) is 2. The van der Waals surface area contributed by atoms with E-state index in [0.717, 1.165) is 5.69 Å². The lowest BCUT2D eigenvalue weighted by molar-refractivity contribution is -0.139. The summed E-state index contributed by atoms with van der Waals surface area (Å²) < 4.78 is 10.9. The number of nitrogens with zero attached hydrogens (tertiary/aromatic N) is 1.